The lowest BCUT2D eigenvalue weighted by molar-refractivity contribution is 0.274. The summed E-state index contributed by atoms with van der Waals surface area (Å²) in [4.78, 5) is 11.8. The normalized spacial score (nSPS) is 16.0. The maximum Gasteiger partial charge on any atom is 0.190 e. The van der Waals surface area contributed by atoms with Crippen molar-refractivity contribution in [2.75, 3.05) is 77.9 Å². The number of anilines is 1. The zero-order chi connectivity index (χ0) is 20.0. The molecule has 0 unspecified atom stereocenters. The first-order valence-corrected chi connectivity index (χ1v) is 10.9. The van der Waals surface area contributed by atoms with Gasteiger partial charge in [0.2, 0.25) is 0 Å². The molecule has 1 aliphatic heterocycles. The molecule has 1 saturated heterocycles. The number of hydrogen-bond donors (Lipinski definition) is 2. The smallest absolute Gasteiger partial charge is 0.190 e. The van der Waals surface area contributed by atoms with Gasteiger partial charge in [-0.05, 0) is 65.0 Å². The third-order valence-electron chi connectivity index (χ3n) is 5.38. The van der Waals surface area contributed by atoms with Crippen LogP contribution in [0, 0.1) is 0 Å². The van der Waals surface area contributed by atoms with E-state index < -0.39 is 0 Å². The van der Waals surface area contributed by atoms with Crippen LogP contribution in [0.25, 0.3) is 0 Å². The molecular formula is C22H41IN6. The van der Waals surface area contributed by atoms with E-state index in [1.165, 1.54) is 44.8 Å². The first-order chi connectivity index (χ1) is 13.7. The van der Waals surface area contributed by atoms with Crippen LogP contribution in [0.1, 0.15) is 26.2 Å². The van der Waals surface area contributed by atoms with Crippen molar-refractivity contribution in [1.82, 2.24) is 20.4 Å². The molecule has 2 N–H and O–H groups in total. The van der Waals surface area contributed by atoms with Crippen molar-refractivity contribution in [3.8, 4) is 0 Å². The number of likely N-dealkylation sites (N-methyl/N-ethyl adjacent to an activating group) is 1. The fraction of sp³-hybridized carbons (Fsp3) is 0.682. The molecule has 0 radical (unpaired) electrons. The maximum atomic E-state index is 4.35. The Morgan fingerprint density at radius 2 is 1.76 bits per heavy atom. The van der Waals surface area contributed by atoms with Gasteiger partial charge in [-0.25, -0.2) is 0 Å². The molecule has 0 bridgehead atoms. The van der Waals surface area contributed by atoms with Gasteiger partial charge in [0.1, 0.15) is 0 Å². The molecule has 1 heterocycles. The molecule has 0 amide bonds. The Labute approximate surface area is 195 Å². The van der Waals surface area contributed by atoms with Crippen LogP contribution in [0.4, 0.5) is 5.69 Å². The molecule has 1 fully saturated rings. The summed E-state index contributed by atoms with van der Waals surface area (Å²) in [6.07, 6.45) is 3.53. The summed E-state index contributed by atoms with van der Waals surface area (Å²) < 4.78 is 0. The van der Waals surface area contributed by atoms with E-state index in [1.807, 2.05) is 7.05 Å². The van der Waals surface area contributed by atoms with E-state index in [4.69, 9.17) is 0 Å². The molecule has 1 aromatic carbocycles. The fourth-order valence-electron chi connectivity index (χ4n) is 3.64. The van der Waals surface area contributed by atoms with Gasteiger partial charge >= 0.3 is 0 Å². The Hall–Kier alpha value is -1.06. The summed E-state index contributed by atoms with van der Waals surface area (Å²) in [5.41, 5.74) is 1.30. The Morgan fingerprint density at radius 3 is 2.45 bits per heavy atom. The molecule has 0 spiro atoms. The van der Waals surface area contributed by atoms with Crippen molar-refractivity contribution in [2.45, 2.75) is 26.2 Å². The molecular weight excluding hydrogens is 475 g/mol. The maximum absolute atomic E-state index is 4.35. The second kappa shape index (κ2) is 15.7. The van der Waals surface area contributed by atoms with Gasteiger partial charge in [0.05, 0.1) is 0 Å². The minimum atomic E-state index is 0. The fourth-order valence-corrected chi connectivity index (χ4v) is 3.64. The van der Waals surface area contributed by atoms with Gasteiger partial charge in [-0.1, -0.05) is 18.2 Å². The summed E-state index contributed by atoms with van der Waals surface area (Å²) >= 11 is 0. The van der Waals surface area contributed by atoms with Crippen LogP contribution in [-0.4, -0.2) is 88.8 Å². The second-order valence-corrected chi connectivity index (χ2v) is 7.55. The van der Waals surface area contributed by atoms with Gasteiger partial charge < -0.3 is 25.3 Å². The van der Waals surface area contributed by atoms with Crippen molar-refractivity contribution < 1.29 is 0 Å². The topological polar surface area (TPSA) is 46.1 Å². The predicted molar refractivity (Wildman–Crippen MR) is 137 cm³/mol. The number of guanidine groups is 1. The number of halogens is 1. The lowest BCUT2D eigenvalue weighted by Crippen LogP contribution is -2.40. The van der Waals surface area contributed by atoms with Crippen LogP contribution < -0.4 is 15.5 Å². The lowest BCUT2D eigenvalue weighted by Gasteiger charge is -2.23. The molecule has 1 aliphatic rings. The van der Waals surface area contributed by atoms with E-state index in [1.54, 1.807) is 0 Å². The average molecular weight is 517 g/mol. The number of hydrogen-bond acceptors (Lipinski definition) is 4. The van der Waals surface area contributed by atoms with Crippen LogP contribution in [0.3, 0.4) is 0 Å². The Balaban J connectivity index is 0.00000420. The average Bonchev–Trinajstić information content (AvgIpc) is 2.94. The first kappa shape index (κ1) is 26.0. The summed E-state index contributed by atoms with van der Waals surface area (Å²) in [7, 11) is 4.07. The van der Waals surface area contributed by atoms with Gasteiger partial charge in [0.25, 0.3) is 0 Å². The Morgan fingerprint density at radius 1 is 1.03 bits per heavy atom. The third kappa shape index (κ3) is 10.5. The van der Waals surface area contributed by atoms with Gasteiger partial charge in [-0.3, -0.25) is 4.99 Å². The predicted octanol–water partition coefficient (Wildman–Crippen LogP) is 2.71. The Bertz CT molecular complexity index is 553. The molecule has 6 nitrogen and oxygen atoms in total. The molecule has 0 saturated carbocycles. The second-order valence-electron chi connectivity index (χ2n) is 7.55. The van der Waals surface area contributed by atoms with E-state index in [2.05, 4.69) is 74.6 Å². The molecule has 166 valence electrons. The monoisotopic (exact) mass is 516 g/mol. The van der Waals surface area contributed by atoms with Crippen molar-refractivity contribution in [3.63, 3.8) is 0 Å². The lowest BCUT2D eigenvalue weighted by atomic mass is 10.2. The number of rotatable bonds is 10. The van der Waals surface area contributed by atoms with Crippen LogP contribution in [-0.2, 0) is 0 Å². The summed E-state index contributed by atoms with van der Waals surface area (Å²) in [6.45, 7) is 12.2. The minimum Gasteiger partial charge on any atom is -0.372 e. The number of aliphatic imine (C=N–C) groups is 1. The van der Waals surface area contributed by atoms with Crippen LogP contribution in [0.15, 0.2) is 35.3 Å². The van der Waals surface area contributed by atoms with Crippen LogP contribution >= 0.6 is 24.0 Å². The van der Waals surface area contributed by atoms with E-state index in [0.717, 1.165) is 45.0 Å². The van der Waals surface area contributed by atoms with Gasteiger partial charge in [0.15, 0.2) is 5.96 Å². The zero-order valence-corrected chi connectivity index (χ0v) is 20.9. The summed E-state index contributed by atoms with van der Waals surface area (Å²) in [5, 5.41) is 6.90. The number of benzene rings is 1. The largest absolute Gasteiger partial charge is 0.372 e. The quantitative estimate of drug-likeness (QED) is 0.217. The van der Waals surface area contributed by atoms with Gasteiger partial charge in [-0.15, -0.1) is 24.0 Å². The zero-order valence-electron chi connectivity index (χ0n) is 18.6. The first-order valence-electron chi connectivity index (χ1n) is 10.9. The standard InChI is InChI=1S/C22H40N6.HI/c1-4-28(21-11-6-5-7-12-21)18-9-14-25-22(23-2)24-13-8-16-27-17-10-15-26(3)19-20-27;/h5-7,11-12H,4,8-10,13-20H2,1-3H3,(H2,23,24,25);1H. The van der Waals surface area contributed by atoms with Crippen LogP contribution in [0.2, 0.25) is 0 Å². The highest BCUT2D eigenvalue weighted by molar-refractivity contribution is 14.0. The summed E-state index contributed by atoms with van der Waals surface area (Å²) in [6, 6.07) is 10.6. The highest BCUT2D eigenvalue weighted by atomic mass is 127. The van der Waals surface area contributed by atoms with E-state index in [0.29, 0.717) is 0 Å². The molecule has 2 rings (SSSR count). The van der Waals surface area contributed by atoms with Gasteiger partial charge in [-0.2, -0.15) is 0 Å². The highest BCUT2D eigenvalue weighted by Crippen LogP contribution is 2.12. The molecule has 1 aromatic rings. The highest BCUT2D eigenvalue weighted by Gasteiger charge is 2.11. The van der Waals surface area contributed by atoms with Crippen molar-refractivity contribution in [2.24, 2.45) is 4.99 Å². The van der Waals surface area contributed by atoms with Crippen LogP contribution in [0.5, 0.6) is 0 Å². The number of para-hydroxylation sites is 1. The van der Waals surface area contributed by atoms with Gasteiger partial charge in [0, 0.05) is 52.0 Å². The van der Waals surface area contributed by atoms with E-state index in [9.17, 15) is 0 Å². The molecule has 7 heteroatoms. The number of nitrogens with zero attached hydrogens (tertiary/aromatic N) is 4. The third-order valence-corrected chi connectivity index (χ3v) is 5.38. The molecule has 29 heavy (non-hydrogen) atoms. The van der Waals surface area contributed by atoms with Crippen molar-refractivity contribution in [1.29, 1.82) is 0 Å². The van der Waals surface area contributed by atoms with E-state index >= 15 is 0 Å². The Kier molecular flexibility index (Phi) is 14.1. The summed E-state index contributed by atoms with van der Waals surface area (Å²) in [5.74, 6) is 0.915. The number of nitrogens with one attached hydrogen (secondary N) is 2. The molecule has 0 atom stereocenters. The van der Waals surface area contributed by atoms with Crippen molar-refractivity contribution >= 4 is 35.6 Å². The van der Waals surface area contributed by atoms with E-state index in [-0.39, 0.29) is 24.0 Å². The molecule has 0 aromatic heterocycles. The SMILES string of the molecule is CCN(CCCNC(=NC)NCCCN1CCCN(C)CC1)c1ccccc1.I. The molecule has 0 aliphatic carbocycles. The van der Waals surface area contributed by atoms with Crippen molar-refractivity contribution in [3.05, 3.63) is 30.3 Å². The minimum absolute atomic E-state index is 0.